The second kappa shape index (κ2) is 8.63. The SMILES string of the molecule is BrCCCCCCNCC1CCC2(CCCCC2)O1. The molecule has 1 aliphatic heterocycles. The van der Waals surface area contributed by atoms with Crippen LogP contribution in [0.3, 0.4) is 0 Å². The summed E-state index contributed by atoms with van der Waals surface area (Å²) in [5.74, 6) is 0. The van der Waals surface area contributed by atoms with E-state index in [1.807, 2.05) is 0 Å². The zero-order chi connectivity index (χ0) is 13.4. The Balaban J connectivity index is 1.51. The third-order valence-electron chi connectivity index (χ3n) is 4.71. The van der Waals surface area contributed by atoms with E-state index in [9.17, 15) is 0 Å². The fourth-order valence-corrected chi connectivity index (χ4v) is 3.96. The van der Waals surface area contributed by atoms with Gasteiger partial charge >= 0.3 is 0 Å². The summed E-state index contributed by atoms with van der Waals surface area (Å²) in [6, 6.07) is 0. The fraction of sp³-hybridized carbons (Fsp3) is 1.00. The number of alkyl halides is 1. The van der Waals surface area contributed by atoms with Gasteiger partial charge < -0.3 is 10.1 Å². The lowest BCUT2D eigenvalue weighted by Crippen LogP contribution is -2.34. The number of ether oxygens (including phenoxy) is 1. The Morgan fingerprint density at radius 2 is 1.79 bits per heavy atom. The number of hydrogen-bond donors (Lipinski definition) is 1. The maximum atomic E-state index is 6.37. The molecule has 0 radical (unpaired) electrons. The van der Waals surface area contributed by atoms with Crippen LogP contribution in [0.5, 0.6) is 0 Å². The molecule has 1 saturated heterocycles. The normalized spacial score (nSPS) is 26.1. The third-order valence-corrected chi connectivity index (χ3v) is 5.27. The van der Waals surface area contributed by atoms with E-state index in [0.29, 0.717) is 11.7 Å². The highest BCUT2D eigenvalue weighted by Crippen LogP contribution is 2.41. The number of rotatable bonds is 8. The van der Waals surface area contributed by atoms with Crippen molar-refractivity contribution in [1.29, 1.82) is 0 Å². The topological polar surface area (TPSA) is 21.3 Å². The Hall–Kier alpha value is 0.400. The lowest BCUT2D eigenvalue weighted by atomic mass is 9.83. The zero-order valence-electron chi connectivity index (χ0n) is 12.3. The molecule has 1 N–H and O–H groups in total. The number of halogens is 1. The van der Waals surface area contributed by atoms with E-state index < -0.39 is 0 Å². The predicted octanol–water partition coefficient (Wildman–Crippen LogP) is 4.41. The van der Waals surface area contributed by atoms with Crippen molar-refractivity contribution < 1.29 is 4.74 Å². The molecule has 2 aliphatic rings. The van der Waals surface area contributed by atoms with E-state index in [-0.39, 0.29) is 0 Å². The zero-order valence-corrected chi connectivity index (χ0v) is 13.8. The molecular formula is C16H30BrNO. The Bertz CT molecular complexity index is 241. The molecule has 2 nitrogen and oxygen atoms in total. The second-order valence-corrected chi connectivity index (χ2v) is 7.12. The van der Waals surface area contributed by atoms with Crippen LogP contribution in [-0.2, 0) is 4.74 Å². The van der Waals surface area contributed by atoms with Gasteiger partial charge in [0.15, 0.2) is 0 Å². The molecule has 0 bridgehead atoms. The van der Waals surface area contributed by atoms with Crippen LogP contribution in [0.25, 0.3) is 0 Å². The fourth-order valence-electron chi connectivity index (χ4n) is 3.56. The summed E-state index contributed by atoms with van der Waals surface area (Å²) < 4.78 is 6.37. The van der Waals surface area contributed by atoms with Gasteiger partial charge in [-0.15, -0.1) is 0 Å². The highest BCUT2D eigenvalue weighted by Gasteiger charge is 2.40. The smallest absolute Gasteiger partial charge is 0.0708 e. The largest absolute Gasteiger partial charge is 0.370 e. The van der Waals surface area contributed by atoms with Crippen molar-refractivity contribution >= 4 is 15.9 Å². The van der Waals surface area contributed by atoms with Crippen molar-refractivity contribution in [2.75, 3.05) is 18.4 Å². The van der Waals surface area contributed by atoms with E-state index >= 15 is 0 Å². The standard InChI is InChI=1S/C16H30BrNO/c17-12-6-1-2-7-13-18-14-15-8-11-16(19-15)9-4-3-5-10-16/h15,18H,1-14H2. The molecule has 3 heteroatoms. The molecule has 0 aromatic rings. The van der Waals surface area contributed by atoms with Crippen molar-refractivity contribution in [2.24, 2.45) is 0 Å². The number of nitrogens with one attached hydrogen (secondary N) is 1. The molecule has 112 valence electrons. The summed E-state index contributed by atoms with van der Waals surface area (Å²) >= 11 is 3.48. The Morgan fingerprint density at radius 1 is 1.00 bits per heavy atom. The van der Waals surface area contributed by atoms with Crippen LogP contribution < -0.4 is 5.32 Å². The van der Waals surface area contributed by atoms with Crippen molar-refractivity contribution in [3.8, 4) is 0 Å². The molecule has 0 amide bonds. The van der Waals surface area contributed by atoms with Crippen LogP contribution in [0.4, 0.5) is 0 Å². The first kappa shape index (κ1) is 15.8. The summed E-state index contributed by atoms with van der Waals surface area (Å²) in [4.78, 5) is 0. The van der Waals surface area contributed by atoms with Crippen LogP contribution in [0.2, 0.25) is 0 Å². The van der Waals surface area contributed by atoms with Crippen LogP contribution in [0, 0.1) is 0 Å². The Kier molecular flexibility index (Phi) is 7.17. The van der Waals surface area contributed by atoms with Gasteiger partial charge in [0.25, 0.3) is 0 Å². The van der Waals surface area contributed by atoms with Crippen LogP contribution >= 0.6 is 15.9 Å². The molecule has 1 aliphatic carbocycles. The molecule has 0 aromatic heterocycles. The van der Waals surface area contributed by atoms with Crippen LogP contribution in [0.1, 0.15) is 70.6 Å². The predicted molar refractivity (Wildman–Crippen MR) is 85.1 cm³/mol. The maximum Gasteiger partial charge on any atom is 0.0708 e. The van der Waals surface area contributed by atoms with Crippen molar-refractivity contribution in [2.45, 2.75) is 82.3 Å². The number of hydrogen-bond acceptors (Lipinski definition) is 2. The van der Waals surface area contributed by atoms with Crippen LogP contribution in [-0.4, -0.2) is 30.1 Å². The molecule has 1 unspecified atom stereocenters. The van der Waals surface area contributed by atoms with Gasteiger partial charge in [0, 0.05) is 11.9 Å². The van der Waals surface area contributed by atoms with Gasteiger partial charge in [0.2, 0.25) is 0 Å². The van der Waals surface area contributed by atoms with Gasteiger partial charge in [-0.25, -0.2) is 0 Å². The van der Waals surface area contributed by atoms with Gasteiger partial charge in [0.1, 0.15) is 0 Å². The molecule has 1 heterocycles. The summed E-state index contributed by atoms with van der Waals surface area (Å²) in [5.41, 5.74) is 0.292. The van der Waals surface area contributed by atoms with E-state index in [0.717, 1.165) is 18.4 Å². The second-order valence-electron chi connectivity index (χ2n) is 6.33. The van der Waals surface area contributed by atoms with E-state index in [1.165, 1.54) is 70.6 Å². The van der Waals surface area contributed by atoms with Gasteiger partial charge in [-0.05, 0) is 45.1 Å². The minimum atomic E-state index is 0.292. The average molecular weight is 332 g/mol. The summed E-state index contributed by atoms with van der Waals surface area (Å²) in [7, 11) is 0. The molecule has 1 spiro atoms. The lowest BCUT2D eigenvalue weighted by molar-refractivity contribution is -0.0623. The van der Waals surface area contributed by atoms with Gasteiger partial charge in [-0.2, -0.15) is 0 Å². The van der Waals surface area contributed by atoms with Crippen molar-refractivity contribution in [3.63, 3.8) is 0 Å². The quantitative estimate of drug-likeness (QED) is 0.525. The Labute approximate surface area is 127 Å². The van der Waals surface area contributed by atoms with E-state index in [4.69, 9.17) is 4.74 Å². The van der Waals surface area contributed by atoms with Crippen LogP contribution in [0.15, 0.2) is 0 Å². The highest BCUT2D eigenvalue weighted by atomic mass is 79.9. The van der Waals surface area contributed by atoms with Crippen molar-refractivity contribution in [3.05, 3.63) is 0 Å². The molecule has 19 heavy (non-hydrogen) atoms. The first-order valence-corrected chi connectivity index (χ1v) is 9.41. The summed E-state index contributed by atoms with van der Waals surface area (Å²) in [6.07, 6.45) is 15.2. The van der Waals surface area contributed by atoms with Crippen molar-refractivity contribution in [1.82, 2.24) is 5.32 Å². The highest BCUT2D eigenvalue weighted by molar-refractivity contribution is 9.09. The monoisotopic (exact) mass is 331 g/mol. The van der Waals surface area contributed by atoms with Gasteiger partial charge in [-0.3, -0.25) is 0 Å². The minimum Gasteiger partial charge on any atom is -0.370 e. The summed E-state index contributed by atoms with van der Waals surface area (Å²) in [6.45, 7) is 2.23. The minimum absolute atomic E-state index is 0.292. The third kappa shape index (κ3) is 5.35. The first-order chi connectivity index (χ1) is 9.35. The first-order valence-electron chi connectivity index (χ1n) is 8.29. The van der Waals surface area contributed by atoms with E-state index in [1.54, 1.807) is 0 Å². The molecule has 1 atom stereocenters. The average Bonchev–Trinajstić information content (AvgIpc) is 2.81. The van der Waals surface area contributed by atoms with Gasteiger partial charge in [0.05, 0.1) is 11.7 Å². The maximum absolute atomic E-state index is 6.37. The molecule has 2 rings (SSSR count). The molecule has 2 fully saturated rings. The van der Waals surface area contributed by atoms with Gasteiger partial charge in [-0.1, -0.05) is 48.0 Å². The lowest BCUT2D eigenvalue weighted by Gasteiger charge is -2.33. The summed E-state index contributed by atoms with van der Waals surface area (Å²) in [5, 5.41) is 4.74. The van der Waals surface area contributed by atoms with E-state index in [2.05, 4.69) is 21.2 Å². The number of unbranched alkanes of at least 4 members (excludes halogenated alkanes) is 3. The molecular weight excluding hydrogens is 302 g/mol. The Morgan fingerprint density at radius 3 is 2.58 bits per heavy atom. The molecule has 0 aromatic carbocycles. The molecule has 1 saturated carbocycles.